The number of carbonyl (C=O) groups excluding carboxylic acids is 2. The van der Waals surface area contributed by atoms with Crippen molar-refractivity contribution in [3.05, 3.63) is 59.2 Å². The number of nitrogens with one attached hydrogen (secondary N) is 3. The summed E-state index contributed by atoms with van der Waals surface area (Å²) in [5.41, 5.74) is 3.78. The summed E-state index contributed by atoms with van der Waals surface area (Å²) in [4.78, 5) is 28.1. The first-order valence-corrected chi connectivity index (χ1v) is 10.8. The minimum absolute atomic E-state index is 0.0173. The number of benzene rings is 2. The van der Waals surface area contributed by atoms with E-state index in [1.807, 2.05) is 54.3 Å². The van der Waals surface area contributed by atoms with Crippen molar-refractivity contribution in [2.75, 3.05) is 45.8 Å². The number of hydrogen-bond acceptors (Lipinski definition) is 4. The van der Waals surface area contributed by atoms with E-state index >= 15 is 0 Å². The number of nitrogens with zero attached hydrogens (tertiary/aromatic N) is 1. The molecule has 0 unspecified atom stereocenters. The van der Waals surface area contributed by atoms with Crippen molar-refractivity contribution in [2.45, 2.75) is 20.3 Å². The monoisotopic (exact) mass is 408 g/mol. The van der Waals surface area contributed by atoms with Crippen LogP contribution in [0.25, 0.3) is 11.1 Å². The highest BCUT2D eigenvalue weighted by molar-refractivity contribution is 6.07. The Morgan fingerprint density at radius 3 is 2.47 bits per heavy atom. The first-order chi connectivity index (χ1) is 14.6. The van der Waals surface area contributed by atoms with Crippen LogP contribution < -0.4 is 16.0 Å². The van der Waals surface area contributed by atoms with Gasteiger partial charge in [-0.25, -0.2) is 0 Å². The average molecular weight is 409 g/mol. The maximum Gasteiger partial charge on any atom is 0.254 e. The van der Waals surface area contributed by atoms with Crippen LogP contribution in [0.4, 0.5) is 0 Å². The van der Waals surface area contributed by atoms with Crippen LogP contribution in [0.1, 0.15) is 39.6 Å². The third-order valence-electron chi connectivity index (χ3n) is 5.37. The molecule has 0 saturated carbocycles. The Labute approximate surface area is 179 Å². The Balaban J connectivity index is 1.88. The third kappa shape index (κ3) is 5.26. The van der Waals surface area contributed by atoms with Crippen LogP contribution >= 0.6 is 0 Å². The molecule has 3 rings (SSSR count). The van der Waals surface area contributed by atoms with Crippen molar-refractivity contribution >= 4 is 11.8 Å². The summed E-state index contributed by atoms with van der Waals surface area (Å²) in [6.07, 6.45) is 1.06. The van der Waals surface area contributed by atoms with Gasteiger partial charge in [-0.15, -0.1) is 0 Å². The number of aryl methyl sites for hydroxylation is 1. The van der Waals surface area contributed by atoms with E-state index in [-0.39, 0.29) is 11.8 Å². The van der Waals surface area contributed by atoms with Crippen molar-refractivity contribution < 1.29 is 9.59 Å². The molecule has 2 amide bonds. The Bertz CT molecular complexity index is 875. The molecule has 0 bridgehead atoms. The first kappa shape index (κ1) is 22.0. The minimum Gasteiger partial charge on any atom is -0.351 e. The van der Waals surface area contributed by atoms with Crippen LogP contribution in [0.2, 0.25) is 0 Å². The van der Waals surface area contributed by atoms with E-state index in [9.17, 15) is 9.59 Å². The van der Waals surface area contributed by atoms with Crippen molar-refractivity contribution in [1.82, 2.24) is 20.9 Å². The molecule has 2 aromatic rings. The van der Waals surface area contributed by atoms with Gasteiger partial charge in [-0.3, -0.25) is 9.59 Å². The minimum atomic E-state index is -0.106. The van der Waals surface area contributed by atoms with Gasteiger partial charge in [-0.05, 0) is 42.6 Å². The number of amides is 2. The molecule has 0 aromatic heterocycles. The highest BCUT2D eigenvalue weighted by Gasteiger charge is 2.23. The zero-order valence-corrected chi connectivity index (χ0v) is 18.0. The van der Waals surface area contributed by atoms with E-state index in [2.05, 4.69) is 22.9 Å². The Kier molecular flexibility index (Phi) is 7.99. The maximum atomic E-state index is 13.2. The van der Waals surface area contributed by atoms with Gasteiger partial charge in [0.05, 0.1) is 5.56 Å². The molecule has 2 aromatic carbocycles. The summed E-state index contributed by atoms with van der Waals surface area (Å²) >= 11 is 0. The molecule has 1 saturated heterocycles. The fourth-order valence-electron chi connectivity index (χ4n) is 3.79. The summed E-state index contributed by atoms with van der Waals surface area (Å²) in [5, 5.41) is 9.59. The fourth-order valence-corrected chi connectivity index (χ4v) is 3.79. The third-order valence-corrected chi connectivity index (χ3v) is 5.37. The molecule has 0 spiro atoms. The lowest BCUT2D eigenvalue weighted by atomic mass is 9.91. The first-order valence-electron chi connectivity index (χ1n) is 10.8. The summed E-state index contributed by atoms with van der Waals surface area (Å²) in [6, 6.07) is 13.4. The van der Waals surface area contributed by atoms with E-state index in [0.29, 0.717) is 30.8 Å². The van der Waals surface area contributed by atoms with Gasteiger partial charge in [0, 0.05) is 44.8 Å². The topological polar surface area (TPSA) is 73.5 Å². The second-order valence-corrected chi connectivity index (χ2v) is 7.59. The smallest absolute Gasteiger partial charge is 0.254 e. The van der Waals surface area contributed by atoms with Gasteiger partial charge in [0.15, 0.2) is 0 Å². The molecule has 1 aliphatic heterocycles. The molecule has 6 heteroatoms. The summed E-state index contributed by atoms with van der Waals surface area (Å²) in [5.74, 6) is -0.0884. The van der Waals surface area contributed by atoms with E-state index in [1.54, 1.807) is 0 Å². The second-order valence-electron chi connectivity index (χ2n) is 7.59. The molecular formula is C24H32N4O2. The molecule has 6 nitrogen and oxygen atoms in total. The van der Waals surface area contributed by atoms with Crippen LogP contribution in [0.5, 0.6) is 0 Å². The molecular weight excluding hydrogens is 376 g/mol. The zero-order valence-electron chi connectivity index (χ0n) is 18.0. The molecule has 1 heterocycles. The van der Waals surface area contributed by atoms with Gasteiger partial charge < -0.3 is 20.9 Å². The van der Waals surface area contributed by atoms with Crippen molar-refractivity contribution in [3.8, 4) is 11.1 Å². The lowest BCUT2D eigenvalue weighted by Crippen LogP contribution is -2.46. The largest absolute Gasteiger partial charge is 0.351 e. The highest BCUT2D eigenvalue weighted by Crippen LogP contribution is 2.30. The van der Waals surface area contributed by atoms with Crippen molar-refractivity contribution in [1.29, 1.82) is 0 Å². The van der Waals surface area contributed by atoms with Gasteiger partial charge in [-0.1, -0.05) is 43.3 Å². The molecule has 0 radical (unpaired) electrons. The number of carbonyl (C=O) groups is 2. The lowest BCUT2D eigenvalue weighted by molar-refractivity contribution is 0.0736. The summed E-state index contributed by atoms with van der Waals surface area (Å²) in [7, 11) is 0. The SMILES string of the molecule is CCCNCCNC(=O)c1c(C)cccc1-c1ccccc1C(=O)N1CCNCC1. The molecule has 1 fully saturated rings. The van der Waals surface area contributed by atoms with E-state index in [4.69, 9.17) is 0 Å². The number of rotatable bonds is 8. The predicted molar refractivity (Wildman–Crippen MR) is 121 cm³/mol. The van der Waals surface area contributed by atoms with Gasteiger partial charge in [-0.2, -0.15) is 0 Å². The fraction of sp³-hybridized carbons (Fsp3) is 0.417. The van der Waals surface area contributed by atoms with Crippen molar-refractivity contribution in [2.24, 2.45) is 0 Å². The lowest BCUT2D eigenvalue weighted by Gasteiger charge is -2.28. The van der Waals surface area contributed by atoms with Gasteiger partial charge in [0.1, 0.15) is 0 Å². The van der Waals surface area contributed by atoms with Gasteiger partial charge >= 0.3 is 0 Å². The van der Waals surface area contributed by atoms with Crippen molar-refractivity contribution in [3.63, 3.8) is 0 Å². The quantitative estimate of drug-likeness (QED) is 0.587. The Hall–Kier alpha value is -2.70. The predicted octanol–water partition coefficient (Wildman–Crippen LogP) is 2.44. The summed E-state index contributed by atoms with van der Waals surface area (Å²) in [6.45, 7) is 9.28. The molecule has 0 atom stereocenters. The zero-order chi connectivity index (χ0) is 21.3. The normalized spacial score (nSPS) is 13.9. The van der Waals surface area contributed by atoms with Crippen LogP contribution in [-0.4, -0.2) is 62.5 Å². The molecule has 30 heavy (non-hydrogen) atoms. The average Bonchev–Trinajstić information content (AvgIpc) is 2.78. The Morgan fingerprint density at radius 1 is 0.967 bits per heavy atom. The van der Waals surface area contributed by atoms with Gasteiger partial charge in [0.2, 0.25) is 0 Å². The van der Waals surface area contributed by atoms with Crippen LogP contribution in [0.15, 0.2) is 42.5 Å². The van der Waals surface area contributed by atoms with E-state index in [0.717, 1.165) is 49.3 Å². The highest BCUT2D eigenvalue weighted by atomic mass is 16.2. The van der Waals surface area contributed by atoms with Crippen LogP contribution in [-0.2, 0) is 0 Å². The van der Waals surface area contributed by atoms with E-state index < -0.39 is 0 Å². The van der Waals surface area contributed by atoms with E-state index in [1.165, 1.54) is 0 Å². The van der Waals surface area contributed by atoms with Crippen LogP contribution in [0, 0.1) is 6.92 Å². The molecule has 0 aliphatic carbocycles. The molecule has 1 aliphatic rings. The second kappa shape index (κ2) is 10.9. The number of hydrogen-bond donors (Lipinski definition) is 3. The summed E-state index contributed by atoms with van der Waals surface area (Å²) < 4.78 is 0. The molecule has 3 N–H and O–H groups in total. The van der Waals surface area contributed by atoms with Crippen LogP contribution in [0.3, 0.4) is 0 Å². The molecule has 160 valence electrons. The maximum absolute atomic E-state index is 13.2. The van der Waals surface area contributed by atoms with Gasteiger partial charge in [0.25, 0.3) is 11.8 Å². The number of piperazine rings is 1. The standard InChI is InChI=1S/C24H32N4O2/c1-3-11-25-12-13-27-23(29)22-18(2)7-6-10-20(22)19-8-4-5-9-21(19)24(30)28-16-14-26-15-17-28/h4-10,25-26H,3,11-17H2,1-2H3,(H,27,29). The Morgan fingerprint density at radius 2 is 1.70 bits per heavy atom.